The molecule has 2 atom stereocenters. The van der Waals surface area contributed by atoms with Gasteiger partial charge in [0.25, 0.3) is 0 Å². The third-order valence-corrected chi connectivity index (χ3v) is 3.41. The summed E-state index contributed by atoms with van der Waals surface area (Å²) in [6.07, 6.45) is 4.13. The van der Waals surface area contributed by atoms with Crippen LogP contribution in [0.25, 0.3) is 0 Å². The molecule has 1 aromatic carbocycles. The van der Waals surface area contributed by atoms with E-state index in [0.29, 0.717) is 0 Å². The molecule has 0 aliphatic heterocycles. The summed E-state index contributed by atoms with van der Waals surface area (Å²) in [5, 5.41) is 0. The Labute approximate surface area is 86.1 Å². The molecule has 0 N–H and O–H groups in total. The smallest absolute Gasteiger partial charge is 0.118 e. The highest BCUT2D eigenvalue weighted by Crippen LogP contribution is 2.39. The fourth-order valence-corrected chi connectivity index (χ4v) is 2.49. The highest BCUT2D eigenvalue weighted by Gasteiger charge is 2.24. The van der Waals surface area contributed by atoms with Crippen molar-refractivity contribution >= 4 is 0 Å². The standard InChI is InChI=1S/C13H18O/c1-10-4-3-5-13(10)11-6-8-12(14-2)9-7-11/h6-10,13H,3-5H2,1-2H3/t10-,13+/m1/s1. The van der Waals surface area contributed by atoms with E-state index in [-0.39, 0.29) is 0 Å². The molecule has 0 aromatic heterocycles. The molecule has 0 heterocycles. The minimum absolute atomic E-state index is 0.779. The van der Waals surface area contributed by atoms with Crippen molar-refractivity contribution in [2.24, 2.45) is 5.92 Å². The molecule has 1 fully saturated rings. The maximum atomic E-state index is 5.16. The second kappa shape index (κ2) is 4.04. The highest BCUT2D eigenvalue weighted by molar-refractivity contribution is 5.30. The van der Waals surface area contributed by atoms with E-state index in [1.165, 1.54) is 24.8 Å². The minimum Gasteiger partial charge on any atom is -0.497 e. The monoisotopic (exact) mass is 190 g/mol. The molecule has 1 aromatic rings. The van der Waals surface area contributed by atoms with E-state index in [1.807, 2.05) is 0 Å². The first-order valence-corrected chi connectivity index (χ1v) is 5.45. The number of ether oxygens (including phenoxy) is 1. The van der Waals surface area contributed by atoms with Gasteiger partial charge in [-0.1, -0.05) is 31.9 Å². The van der Waals surface area contributed by atoms with Crippen molar-refractivity contribution in [3.63, 3.8) is 0 Å². The van der Waals surface area contributed by atoms with E-state index < -0.39 is 0 Å². The van der Waals surface area contributed by atoms with Crippen LogP contribution in [0.3, 0.4) is 0 Å². The Morgan fingerprint density at radius 1 is 1.14 bits per heavy atom. The second-order valence-corrected chi connectivity index (χ2v) is 4.29. The van der Waals surface area contributed by atoms with Crippen molar-refractivity contribution in [2.75, 3.05) is 7.11 Å². The van der Waals surface area contributed by atoms with Crippen LogP contribution in [0.1, 0.15) is 37.7 Å². The molecule has 1 saturated carbocycles. The van der Waals surface area contributed by atoms with Gasteiger partial charge in [0, 0.05) is 0 Å². The summed E-state index contributed by atoms with van der Waals surface area (Å²) < 4.78 is 5.16. The van der Waals surface area contributed by atoms with E-state index in [0.717, 1.165) is 17.6 Å². The zero-order valence-electron chi connectivity index (χ0n) is 8.99. The second-order valence-electron chi connectivity index (χ2n) is 4.29. The van der Waals surface area contributed by atoms with Crippen LogP contribution < -0.4 is 4.74 Å². The summed E-state index contributed by atoms with van der Waals surface area (Å²) in [6.45, 7) is 2.36. The molecule has 1 aliphatic rings. The van der Waals surface area contributed by atoms with E-state index in [4.69, 9.17) is 4.74 Å². The predicted octanol–water partition coefficient (Wildman–Crippen LogP) is 3.60. The lowest BCUT2D eigenvalue weighted by molar-refractivity contribution is 0.414. The van der Waals surface area contributed by atoms with E-state index in [2.05, 4.69) is 31.2 Å². The molecule has 0 spiro atoms. The van der Waals surface area contributed by atoms with Crippen LogP contribution in [0.4, 0.5) is 0 Å². The number of rotatable bonds is 2. The van der Waals surface area contributed by atoms with Gasteiger partial charge in [0.05, 0.1) is 7.11 Å². The van der Waals surface area contributed by atoms with Crippen LogP contribution in [0.15, 0.2) is 24.3 Å². The van der Waals surface area contributed by atoms with Gasteiger partial charge in [0.15, 0.2) is 0 Å². The van der Waals surface area contributed by atoms with Gasteiger partial charge in [-0.3, -0.25) is 0 Å². The summed E-state index contributed by atoms with van der Waals surface area (Å²) in [5.74, 6) is 2.59. The first-order valence-electron chi connectivity index (χ1n) is 5.45. The van der Waals surface area contributed by atoms with Crippen LogP contribution >= 0.6 is 0 Å². The van der Waals surface area contributed by atoms with E-state index >= 15 is 0 Å². The topological polar surface area (TPSA) is 9.23 Å². The van der Waals surface area contributed by atoms with Gasteiger partial charge in [0.1, 0.15) is 5.75 Å². The molecule has 0 bridgehead atoms. The van der Waals surface area contributed by atoms with E-state index in [9.17, 15) is 0 Å². The zero-order chi connectivity index (χ0) is 9.97. The Morgan fingerprint density at radius 2 is 1.86 bits per heavy atom. The Bertz CT molecular complexity index is 289. The van der Waals surface area contributed by atoms with Gasteiger partial charge in [-0.2, -0.15) is 0 Å². The third kappa shape index (κ3) is 1.77. The molecule has 0 unspecified atom stereocenters. The fourth-order valence-electron chi connectivity index (χ4n) is 2.49. The Hall–Kier alpha value is -0.980. The molecule has 1 aliphatic carbocycles. The molecule has 14 heavy (non-hydrogen) atoms. The maximum Gasteiger partial charge on any atom is 0.118 e. The summed E-state index contributed by atoms with van der Waals surface area (Å²) in [6, 6.07) is 8.57. The summed E-state index contributed by atoms with van der Waals surface area (Å²) in [5.41, 5.74) is 1.48. The third-order valence-electron chi connectivity index (χ3n) is 3.41. The Balaban J connectivity index is 2.16. The fraction of sp³-hybridized carbons (Fsp3) is 0.538. The quantitative estimate of drug-likeness (QED) is 0.692. The molecule has 1 nitrogen and oxygen atoms in total. The van der Waals surface area contributed by atoms with Crippen LogP contribution in [0.5, 0.6) is 5.75 Å². The normalized spacial score (nSPS) is 26.4. The maximum absolute atomic E-state index is 5.16. The molecule has 1 heteroatoms. The molecule has 76 valence electrons. The summed E-state index contributed by atoms with van der Waals surface area (Å²) in [4.78, 5) is 0. The van der Waals surface area contributed by atoms with Crippen molar-refractivity contribution in [1.82, 2.24) is 0 Å². The van der Waals surface area contributed by atoms with Gasteiger partial charge in [0.2, 0.25) is 0 Å². The first kappa shape index (κ1) is 9.57. The van der Waals surface area contributed by atoms with Gasteiger partial charge in [-0.15, -0.1) is 0 Å². The van der Waals surface area contributed by atoms with E-state index in [1.54, 1.807) is 7.11 Å². The van der Waals surface area contributed by atoms with Crippen LogP contribution in [0.2, 0.25) is 0 Å². The zero-order valence-corrected chi connectivity index (χ0v) is 8.99. The predicted molar refractivity (Wildman–Crippen MR) is 58.8 cm³/mol. The van der Waals surface area contributed by atoms with Crippen molar-refractivity contribution in [3.05, 3.63) is 29.8 Å². The SMILES string of the molecule is COc1ccc([C@H]2CCC[C@H]2C)cc1. The molecule has 0 amide bonds. The summed E-state index contributed by atoms with van der Waals surface area (Å²) in [7, 11) is 1.72. The number of hydrogen-bond acceptors (Lipinski definition) is 1. The lowest BCUT2D eigenvalue weighted by Crippen LogP contribution is -2.01. The molecular formula is C13H18O. The van der Waals surface area contributed by atoms with Gasteiger partial charge < -0.3 is 4.74 Å². The Morgan fingerprint density at radius 3 is 2.36 bits per heavy atom. The van der Waals surface area contributed by atoms with Crippen molar-refractivity contribution in [2.45, 2.75) is 32.1 Å². The number of benzene rings is 1. The largest absolute Gasteiger partial charge is 0.497 e. The van der Waals surface area contributed by atoms with Gasteiger partial charge in [-0.05, 0) is 36.0 Å². The number of methoxy groups -OCH3 is 1. The first-order chi connectivity index (χ1) is 6.81. The average Bonchev–Trinajstić information content (AvgIpc) is 2.65. The molecule has 0 saturated heterocycles. The van der Waals surface area contributed by atoms with Crippen molar-refractivity contribution in [1.29, 1.82) is 0 Å². The average molecular weight is 190 g/mol. The van der Waals surface area contributed by atoms with Crippen LogP contribution in [-0.2, 0) is 0 Å². The van der Waals surface area contributed by atoms with Gasteiger partial charge in [-0.25, -0.2) is 0 Å². The summed E-state index contributed by atoms with van der Waals surface area (Å²) >= 11 is 0. The highest BCUT2D eigenvalue weighted by atomic mass is 16.5. The molecule has 0 radical (unpaired) electrons. The van der Waals surface area contributed by atoms with Crippen LogP contribution in [0, 0.1) is 5.92 Å². The van der Waals surface area contributed by atoms with Gasteiger partial charge >= 0.3 is 0 Å². The molecular weight excluding hydrogens is 172 g/mol. The minimum atomic E-state index is 0.779. The Kier molecular flexibility index (Phi) is 2.76. The number of hydrogen-bond donors (Lipinski definition) is 0. The lowest BCUT2D eigenvalue weighted by Gasteiger charge is -2.15. The lowest BCUT2D eigenvalue weighted by atomic mass is 9.90. The van der Waals surface area contributed by atoms with Crippen molar-refractivity contribution in [3.8, 4) is 5.75 Å². The molecule has 2 rings (SSSR count). The van der Waals surface area contributed by atoms with Crippen molar-refractivity contribution < 1.29 is 4.74 Å². The van der Waals surface area contributed by atoms with Crippen LogP contribution in [-0.4, -0.2) is 7.11 Å².